The minimum absolute atomic E-state index is 0.0179. The minimum Gasteiger partial charge on any atom is -0.376 e. The van der Waals surface area contributed by atoms with Gasteiger partial charge in [-0.25, -0.2) is 4.39 Å². The normalized spacial score (nSPS) is 10.2. The molecule has 7 heteroatoms. The van der Waals surface area contributed by atoms with Crippen molar-refractivity contribution in [3.63, 3.8) is 0 Å². The van der Waals surface area contributed by atoms with Crippen molar-refractivity contribution in [2.45, 2.75) is 13.8 Å². The van der Waals surface area contributed by atoms with Crippen molar-refractivity contribution in [1.82, 2.24) is 5.32 Å². The molecule has 0 aliphatic rings. The Balaban J connectivity index is 1.79. The fraction of sp³-hybridized carbons (Fsp3) is 0.222. The zero-order valence-electron chi connectivity index (χ0n) is 14.0. The van der Waals surface area contributed by atoms with Crippen molar-refractivity contribution in [3.8, 4) is 0 Å². The average Bonchev–Trinajstić information content (AvgIpc) is 2.56. The number of carbonyl (C=O) groups excluding carboxylic acids is 2. The number of benzene rings is 2. The second-order valence-electron chi connectivity index (χ2n) is 5.55. The van der Waals surface area contributed by atoms with Crippen LogP contribution in [0.1, 0.15) is 11.1 Å². The molecule has 0 fully saturated rings. The van der Waals surface area contributed by atoms with Crippen molar-refractivity contribution in [3.05, 3.63) is 58.4 Å². The zero-order valence-corrected chi connectivity index (χ0v) is 14.7. The lowest BCUT2D eigenvalue weighted by molar-refractivity contribution is -0.122. The van der Waals surface area contributed by atoms with Crippen LogP contribution < -0.4 is 16.0 Å². The van der Waals surface area contributed by atoms with Gasteiger partial charge in [0.05, 0.1) is 13.1 Å². The zero-order chi connectivity index (χ0) is 18.4. The van der Waals surface area contributed by atoms with Gasteiger partial charge in [-0.05, 0) is 55.3 Å². The summed E-state index contributed by atoms with van der Waals surface area (Å²) in [6, 6.07) is 9.46. The first-order valence-electron chi connectivity index (χ1n) is 7.68. The van der Waals surface area contributed by atoms with Crippen molar-refractivity contribution in [2.75, 3.05) is 23.7 Å². The molecule has 0 radical (unpaired) electrons. The van der Waals surface area contributed by atoms with E-state index in [-0.39, 0.29) is 30.7 Å². The van der Waals surface area contributed by atoms with E-state index in [1.54, 1.807) is 38.1 Å². The van der Waals surface area contributed by atoms with Crippen LogP contribution in [0.2, 0.25) is 5.02 Å². The number of carbonyl (C=O) groups is 2. The highest BCUT2D eigenvalue weighted by molar-refractivity contribution is 6.31. The molecule has 0 atom stereocenters. The Morgan fingerprint density at radius 1 is 1.04 bits per heavy atom. The molecule has 2 amide bonds. The highest BCUT2D eigenvalue weighted by atomic mass is 35.5. The molecule has 0 aliphatic heterocycles. The standard InChI is InChI=1S/C18H19ClFN3O2/c1-11-8-13(20)6-7-15(11)21-9-17(24)22-10-18(25)23-16-5-3-4-14(19)12(16)2/h3-8,21H,9-10H2,1-2H3,(H,22,24)(H,23,25). The van der Waals surface area contributed by atoms with Crippen LogP contribution in [0, 0.1) is 19.7 Å². The van der Waals surface area contributed by atoms with E-state index >= 15 is 0 Å². The van der Waals surface area contributed by atoms with E-state index < -0.39 is 0 Å². The Morgan fingerprint density at radius 2 is 1.80 bits per heavy atom. The first-order valence-corrected chi connectivity index (χ1v) is 8.06. The minimum atomic E-state index is -0.350. The number of nitrogens with one attached hydrogen (secondary N) is 3. The summed E-state index contributed by atoms with van der Waals surface area (Å²) in [5.74, 6) is -1.03. The summed E-state index contributed by atoms with van der Waals surface area (Å²) >= 11 is 5.99. The third-order valence-electron chi connectivity index (χ3n) is 3.62. The van der Waals surface area contributed by atoms with E-state index in [1.165, 1.54) is 12.1 Å². The number of amides is 2. The van der Waals surface area contributed by atoms with Crippen LogP contribution >= 0.6 is 11.6 Å². The van der Waals surface area contributed by atoms with Crippen molar-refractivity contribution >= 4 is 34.8 Å². The second-order valence-corrected chi connectivity index (χ2v) is 5.96. The Morgan fingerprint density at radius 3 is 2.52 bits per heavy atom. The van der Waals surface area contributed by atoms with Gasteiger partial charge >= 0.3 is 0 Å². The predicted molar refractivity (Wildman–Crippen MR) is 97.5 cm³/mol. The molecule has 3 N–H and O–H groups in total. The van der Waals surface area contributed by atoms with Gasteiger partial charge in [0.2, 0.25) is 11.8 Å². The topological polar surface area (TPSA) is 70.2 Å². The molecule has 0 heterocycles. The molecule has 25 heavy (non-hydrogen) atoms. The smallest absolute Gasteiger partial charge is 0.243 e. The molecule has 0 saturated heterocycles. The molecular weight excluding hydrogens is 345 g/mol. The van der Waals surface area contributed by atoms with Crippen molar-refractivity contribution < 1.29 is 14.0 Å². The monoisotopic (exact) mass is 363 g/mol. The van der Waals surface area contributed by atoms with Gasteiger partial charge in [0, 0.05) is 16.4 Å². The molecule has 2 aromatic rings. The van der Waals surface area contributed by atoms with Gasteiger partial charge in [0.1, 0.15) is 5.82 Å². The molecule has 0 saturated carbocycles. The van der Waals surface area contributed by atoms with Crippen LogP contribution in [0.3, 0.4) is 0 Å². The van der Waals surface area contributed by atoms with Gasteiger partial charge in [-0.1, -0.05) is 17.7 Å². The van der Waals surface area contributed by atoms with E-state index in [4.69, 9.17) is 11.6 Å². The number of hydrogen-bond donors (Lipinski definition) is 3. The summed E-state index contributed by atoms with van der Waals surface area (Å²) in [6.45, 7) is 3.36. The van der Waals surface area contributed by atoms with Crippen LogP contribution in [0.5, 0.6) is 0 Å². The molecule has 0 spiro atoms. The molecule has 2 aromatic carbocycles. The van der Waals surface area contributed by atoms with Crippen LogP contribution in [-0.2, 0) is 9.59 Å². The molecule has 5 nitrogen and oxygen atoms in total. The Bertz CT molecular complexity index is 796. The van der Waals surface area contributed by atoms with Gasteiger partial charge in [-0.2, -0.15) is 0 Å². The Kier molecular flexibility index (Phi) is 6.36. The molecule has 132 valence electrons. The maximum Gasteiger partial charge on any atom is 0.243 e. The fourth-order valence-corrected chi connectivity index (χ4v) is 2.35. The number of halogens is 2. The van der Waals surface area contributed by atoms with E-state index in [1.807, 2.05) is 0 Å². The average molecular weight is 364 g/mol. The van der Waals surface area contributed by atoms with E-state index in [9.17, 15) is 14.0 Å². The first-order chi connectivity index (χ1) is 11.9. The molecule has 0 aliphatic carbocycles. The Hall–Kier alpha value is -2.60. The summed E-state index contributed by atoms with van der Waals surface area (Å²) in [5.41, 5.74) is 2.72. The van der Waals surface area contributed by atoms with Gasteiger partial charge in [0.15, 0.2) is 0 Å². The maximum absolute atomic E-state index is 13.0. The lowest BCUT2D eigenvalue weighted by Crippen LogP contribution is -2.36. The van der Waals surface area contributed by atoms with Crippen LogP contribution in [-0.4, -0.2) is 24.9 Å². The highest BCUT2D eigenvalue weighted by Gasteiger charge is 2.09. The summed E-state index contributed by atoms with van der Waals surface area (Å²) < 4.78 is 13.0. The summed E-state index contributed by atoms with van der Waals surface area (Å²) in [5, 5.41) is 8.67. The van der Waals surface area contributed by atoms with Crippen LogP contribution in [0.25, 0.3) is 0 Å². The molecular formula is C18H19ClFN3O2. The van der Waals surface area contributed by atoms with Crippen LogP contribution in [0.4, 0.5) is 15.8 Å². The van der Waals surface area contributed by atoms with Gasteiger partial charge in [0.25, 0.3) is 0 Å². The number of hydrogen-bond acceptors (Lipinski definition) is 3. The lowest BCUT2D eigenvalue weighted by atomic mass is 10.2. The highest BCUT2D eigenvalue weighted by Crippen LogP contribution is 2.22. The molecule has 2 rings (SSSR count). The quantitative estimate of drug-likeness (QED) is 0.737. The number of aryl methyl sites for hydroxylation is 1. The number of rotatable bonds is 6. The largest absolute Gasteiger partial charge is 0.376 e. The third-order valence-corrected chi connectivity index (χ3v) is 4.03. The van der Waals surface area contributed by atoms with Crippen LogP contribution in [0.15, 0.2) is 36.4 Å². The second kappa shape index (κ2) is 8.48. The lowest BCUT2D eigenvalue weighted by Gasteiger charge is -2.11. The predicted octanol–water partition coefficient (Wildman–Crippen LogP) is 3.26. The van der Waals surface area contributed by atoms with Gasteiger partial charge < -0.3 is 16.0 Å². The van der Waals surface area contributed by atoms with Gasteiger partial charge in [-0.3, -0.25) is 9.59 Å². The molecule has 0 unspecified atom stereocenters. The summed E-state index contributed by atoms with van der Waals surface area (Å²) in [4.78, 5) is 23.7. The fourth-order valence-electron chi connectivity index (χ4n) is 2.18. The SMILES string of the molecule is Cc1cc(F)ccc1NCC(=O)NCC(=O)Nc1cccc(Cl)c1C. The first kappa shape index (κ1) is 18.7. The molecule has 0 bridgehead atoms. The van der Waals surface area contributed by atoms with Crippen molar-refractivity contribution in [1.29, 1.82) is 0 Å². The third kappa shape index (κ3) is 5.46. The van der Waals surface area contributed by atoms with E-state index in [0.29, 0.717) is 22.0 Å². The number of anilines is 2. The summed E-state index contributed by atoms with van der Waals surface area (Å²) in [6.07, 6.45) is 0. The van der Waals surface area contributed by atoms with Crippen molar-refractivity contribution in [2.24, 2.45) is 0 Å². The van der Waals surface area contributed by atoms with Gasteiger partial charge in [-0.15, -0.1) is 0 Å². The summed E-state index contributed by atoms with van der Waals surface area (Å²) in [7, 11) is 0. The molecule has 0 aromatic heterocycles. The maximum atomic E-state index is 13.0. The van der Waals surface area contributed by atoms with E-state index in [0.717, 1.165) is 5.56 Å². The van der Waals surface area contributed by atoms with E-state index in [2.05, 4.69) is 16.0 Å². The Labute approximate surface area is 150 Å².